The van der Waals surface area contributed by atoms with Gasteiger partial charge in [-0.2, -0.15) is 0 Å². The molecule has 3 rings (SSSR count). The van der Waals surface area contributed by atoms with Gasteiger partial charge in [-0.1, -0.05) is 0 Å². The number of rotatable bonds is 2. The summed E-state index contributed by atoms with van der Waals surface area (Å²) in [5.41, 5.74) is 0.0450. The molecule has 0 N–H and O–H groups in total. The van der Waals surface area contributed by atoms with Crippen molar-refractivity contribution in [2.24, 2.45) is 0 Å². The number of carbonyl (C=O) groups is 2. The lowest BCUT2D eigenvalue weighted by molar-refractivity contribution is 0.0718. The molecule has 1 saturated heterocycles. The standard InChI is InChI=1S/C19H16F4N2O2/c20-14-4-2-12(10-16(14)22)18(26)24-6-1-7-25(9-8-24)19(27)13-3-5-15(21)17(23)11-13/h2-5,10-11H,1,6-9H2. The third-order valence-corrected chi connectivity index (χ3v) is 4.40. The van der Waals surface area contributed by atoms with Gasteiger partial charge in [0.1, 0.15) is 0 Å². The summed E-state index contributed by atoms with van der Waals surface area (Å²) in [6.45, 7) is 1.04. The molecule has 0 atom stereocenters. The SMILES string of the molecule is O=C(c1ccc(F)c(F)c1)N1CCCN(C(=O)c2ccc(F)c(F)c2)CC1. The van der Waals surface area contributed by atoms with Crippen LogP contribution in [0.5, 0.6) is 0 Å². The summed E-state index contributed by atoms with van der Waals surface area (Å²) in [6.07, 6.45) is 0.463. The summed E-state index contributed by atoms with van der Waals surface area (Å²) in [4.78, 5) is 27.9. The fourth-order valence-corrected chi connectivity index (χ4v) is 2.95. The van der Waals surface area contributed by atoms with Crippen LogP contribution >= 0.6 is 0 Å². The lowest BCUT2D eigenvalue weighted by atomic mass is 10.2. The molecule has 1 aliphatic rings. The van der Waals surface area contributed by atoms with E-state index in [0.717, 1.165) is 24.3 Å². The van der Waals surface area contributed by atoms with E-state index < -0.39 is 35.1 Å². The number of amides is 2. The van der Waals surface area contributed by atoms with Gasteiger partial charge in [0.2, 0.25) is 0 Å². The Labute approximate surface area is 153 Å². The van der Waals surface area contributed by atoms with Gasteiger partial charge >= 0.3 is 0 Å². The van der Waals surface area contributed by atoms with Crippen molar-refractivity contribution < 1.29 is 27.2 Å². The van der Waals surface area contributed by atoms with Gasteiger partial charge in [0.25, 0.3) is 11.8 Å². The van der Waals surface area contributed by atoms with Crippen LogP contribution in [-0.4, -0.2) is 47.8 Å². The van der Waals surface area contributed by atoms with Crippen molar-refractivity contribution in [3.05, 3.63) is 70.8 Å². The van der Waals surface area contributed by atoms with Gasteiger partial charge in [0.15, 0.2) is 23.3 Å². The van der Waals surface area contributed by atoms with Crippen LogP contribution in [-0.2, 0) is 0 Å². The Morgan fingerprint density at radius 2 is 1.04 bits per heavy atom. The van der Waals surface area contributed by atoms with Crippen LogP contribution in [0.25, 0.3) is 0 Å². The Hall–Kier alpha value is -2.90. The first-order valence-electron chi connectivity index (χ1n) is 8.35. The maximum absolute atomic E-state index is 13.3. The summed E-state index contributed by atoms with van der Waals surface area (Å²) in [7, 11) is 0. The van der Waals surface area contributed by atoms with Gasteiger partial charge < -0.3 is 9.80 Å². The van der Waals surface area contributed by atoms with Crippen LogP contribution in [0.1, 0.15) is 27.1 Å². The normalized spacial score (nSPS) is 14.8. The number of halogens is 4. The van der Waals surface area contributed by atoms with Crippen LogP contribution in [0.4, 0.5) is 17.6 Å². The summed E-state index contributed by atoms with van der Waals surface area (Å²) < 4.78 is 52.8. The van der Waals surface area contributed by atoms with E-state index in [-0.39, 0.29) is 24.2 Å². The first-order chi connectivity index (χ1) is 12.9. The third kappa shape index (κ3) is 4.10. The van der Waals surface area contributed by atoms with Crippen molar-refractivity contribution in [3.8, 4) is 0 Å². The number of hydrogen-bond acceptors (Lipinski definition) is 2. The van der Waals surface area contributed by atoms with E-state index in [1.54, 1.807) is 0 Å². The Morgan fingerprint density at radius 3 is 1.41 bits per heavy atom. The molecule has 0 radical (unpaired) electrons. The number of hydrogen-bond donors (Lipinski definition) is 0. The second-order valence-corrected chi connectivity index (χ2v) is 6.20. The molecule has 1 heterocycles. The molecule has 2 aromatic rings. The fraction of sp³-hybridized carbons (Fsp3) is 0.263. The average Bonchev–Trinajstić information content (AvgIpc) is 2.91. The van der Waals surface area contributed by atoms with Crippen molar-refractivity contribution in [3.63, 3.8) is 0 Å². The van der Waals surface area contributed by atoms with E-state index in [2.05, 4.69) is 0 Å². The number of nitrogens with zero attached hydrogens (tertiary/aromatic N) is 2. The highest BCUT2D eigenvalue weighted by atomic mass is 19.2. The predicted molar refractivity (Wildman–Crippen MR) is 89.1 cm³/mol. The first kappa shape index (κ1) is 18.9. The molecule has 142 valence electrons. The molecule has 8 heteroatoms. The van der Waals surface area contributed by atoms with E-state index in [1.165, 1.54) is 21.9 Å². The van der Waals surface area contributed by atoms with Gasteiger partial charge in [0, 0.05) is 37.3 Å². The average molecular weight is 380 g/mol. The molecule has 2 amide bonds. The molecule has 4 nitrogen and oxygen atoms in total. The zero-order valence-electron chi connectivity index (χ0n) is 14.2. The second kappa shape index (κ2) is 7.77. The molecular weight excluding hydrogens is 364 g/mol. The van der Waals surface area contributed by atoms with E-state index >= 15 is 0 Å². The van der Waals surface area contributed by atoms with Crippen LogP contribution < -0.4 is 0 Å². The van der Waals surface area contributed by atoms with Crippen molar-refractivity contribution in [1.29, 1.82) is 0 Å². The predicted octanol–water partition coefficient (Wildman–Crippen LogP) is 3.23. The molecule has 0 aromatic heterocycles. The monoisotopic (exact) mass is 380 g/mol. The first-order valence-corrected chi connectivity index (χ1v) is 8.35. The molecule has 1 fully saturated rings. The van der Waals surface area contributed by atoms with Gasteiger partial charge in [-0.3, -0.25) is 9.59 Å². The lowest BCUT2D eigenvalue weighted by Crippen LogP contribution is -2.37. The molecule has 0 spiro atoms. The van der Waals surface area contributed by atoms with Gasteiger partial charge in [-0.15, -0.1) is 0 Å². The summed E-state index contributed by atoms with van der Waals surface area (Å²) in [5, 5.41) is 0. The molecule has 0 aliphatic carbocycles. The molecule has 0 saturated carbocycles. The minimum atomic E-state index is -1.11. The minimum Gasteiger partial charge on any atom is -0.337 e. The Kier molecular flexibility index (Phi) is 5.43. The van der Waals surface area contributed by atoms with Crippen LogP contribution in [0.3, 0.4) is 0 Å². The molecule has 1 aliphatic heterocycles. The topological polar surface area (TPSA) is 40.6 Å². The molecule has 27 heavy (non-hydrogen) atoms. The maximum Gasteiger partial charge on any atom is 0.254 e. The Balaban J connectivity index is 1.69. The summed E-state index contributed by atoms with van der Waals surface area (Å²) in [6, 6.07) is 5.86. The van der Waals surface area contributed by atoms with E-state index in [1.807, 2.05) is 0 Å². The Morgan fingerprint density at radius 1 is 0.630 bits per heavy atom. The highest BCUT2D eigenvalue weighted by molar-refractivity contribution is 5.95. The van der Waals surface area contributed by atoms with E-state index in [9.17, 15) is 27.2 Å². The van der Waals surface area contributed by atoms with Gasteiger partial charge in [-0.05, 0) is 42.8 Å². The maximum atomic E-state index is 13.3. The largest absolute Gasteiger partial charge is 0.337 e. The van der Waals surface area contributed by atoms with Crippen molar-refractivity contribution in [2.75, 3.05) is 26.2 Å². The third-order valence-electron chi connectivity index (χ3n) is 4.40. The second-order valence-electron chi connectivity index (χ2n) is 6.20. The van der Waals surface area contributed by atoms with E-state index in [4.69, 9.17) is 0 Å². The fourth-order valence-electron chi connectivity index (χ4n) is 2.95. The van der Waals surface area contributed by atoms with Crippen molar-refractivity contribution in [1.82, 2.24) is 9.80 Å². The number of carbonyl (C=O) groups excluding carboxylic acids is 2. The quantitative estimate of drug-likeness (QED) is 0.751. The lowest BCUT2D eigenvalue weighted by Gasteiger charge is -2.22. The zero-order chi connectivity index (χ0) is 19.6. The smallest absolute Gasteiger partial charge is 0.254 e. The van der Waals surface area contributed by atoms with Gasteiger partial charge in [0.05, 0.1) is 0 Å². The summed E-state index contributed by atoms with van der Waals surface area (Å²) >= 11 is 0. The molecule has 0 bridgehead atoms. The van der Waals surface area contributed by atoms with Gasteiger partial charge in [-0.25, -0.2) is 17.6 Å². The molecule has 0 unspecified atom stereocenters. The van der Waals surface area contributed by atoms with E-state index in [0.29, 0.717) is 19.5 Å². The number of benzene rings is 2. The van der Waals surface area contributed by atoms with Crippen LogP contribution in [0, 0.1) is 23.3 Å². The molecular formula is C19H16F4N2O2. The van der Waals surface area contributed by atoms with Crippen LogP contribution in [0.15, 0.2) is 36.4 Å². The highest BCUT2D eigenvalue weighted by Crippen LogP contribution is 2.16. The minimum absolute atomic E-state index is 0.0225. The summed E-state index contributed by atoms with van der Waals surface area (Å²) in [5.74, 6) is -5.21. The van der Waals surface area contributed by atoms with Crippen molar-refractivity contribution >= 4 is 11.8 Å². The zero-order valence-corrected chi connectivity index (χ0v) is 14.2. The highest BCUT2D eigenvalue weighted by Gasteiger charge is 2.24. The Bertz CT molecular complexity index is 817. The van der Waals surface area contributed by atoms with Crippen molar-refractivity contribution in [2.45, 2.75) is 6.42 Å². The molecule has 2 aromatic carbocycles. The van der Waals surface area contributed by atoms with Crippen LogP contribution in [0.2, 0.25) is 0 Å².